The zero-order valence-corrected chi connectivity index (χ0v) is 13.5. The Morgan fingerprint density at radius 3 is 3.04 bits per heavy atom. The average molecular weight is 315 g/mol. The lowest BCUT2D eigenvalue weighted by molar-refractivity contribution is 0.149. The van der Waals surface area contributed by atoms with E-state index in [1.807, 2.05) is 37.1 Å². The van der Waals surface area contributed by atoms with Crippen LogP contribution in [-0.2, 0) is 0 Å². The predicted molar refractivity (Wildman–Crippen MR) is 90.3 cm³/mol. The number of aromatic nitrogens is 2. The maximum absolute atomic E-state index is 14.3. The first-order chi connectivity index (χ1) is 11.1. The van der Waals surface area contributed by atoms with Crippen molar-refractivity contribution >= 4 is 11.3 Å². The van der Waals surface area contributed by atoms with Crippen LogP contribution in [0.15, 0.2) is 18.2 Å². The summed E-state index contributed by atoms with van der Waals surface area (Å²) in [6.07, 6.45) is -0.120. The molecule has 1 aliphatic rings. The molecule has 0 saturated carbocycles. The van der Waals surface area contributed by atoms with Crippen molar-refractivity contribution in [3.05, 3.63) is 29.5 Å². The highest BCUT2D eigenvalue weighted by atomic mass is 19.1. The maximum atomic E-state index is 14.3. The van der Waals surface area contributed by atoms with Crippen molar-refractivity contribution in [1.82, 2.24) is 14.5 Å². The second-order valence-electron chi connectivity index (χ2n) is 6.01. The maximum Gasteiger partial charge on any atom is 0.139 e. The van der Waals surface area contributed by atoms with E-state index in [1.165, 1.54) is 0 Å². The number of likely N-dealkylation sites (tertiary alicyclic amines) is 1. The van der Waals surface area contributed by atoms with Crippen molar-refractivity contribution in [3.8, 4) is 11.8 Å². The number of piperidine rings is 1. The number of alkyl halides is 1. The van der Waals surface area contributed by atoms with E-state index >= 15 is 0 Å². The predicted octanol–water partition coefficient (Wildman–Crippen LogP) is 1.41. The molecule has 122 valence electrons. The molecule has 0 unspecified atom stereocenters. The standard InChI is InChI=1S/C17H22FN5/c1-12-14(5-4-9-19)21-23-16(12)6-3-7-17(23)20-15-8-10-22(2)11-13(15)18/h3,6-7,13,15,20H,8-11,19H2,1-2H3/t13-,15+/m0/s1. The lowest BCUT2D eigenvalue weighted by Crippen LogP contribution is -2.46. The molecule has 2 aromatic heterocycles. The number of aryl methyl sites for hydroxylation is 1. The first-order valence-corrected chi connectivity index (χ1v) is 7.86. The van der Waals surface area contributed by atoms with Crippen molar-refractivity contribution in [2.75, 3.05) is 32.0 Å². The van der Waals surface area contributed by atoms with Crippen LogP contribution in [0.25, 0.3) is 5.52 Å². The van der Waals surface area contributed by atoms with E-state index in [0.717, 1.165) is 29.9 Å². The van der Waals surface area contributed by atoms with Gasteiger partial charge in [0.05, 0.1) is 18.1 Å². The number of anilines is 1. The highest BCUT2D eigenvalue weighted by molar-refractivity contribution is 5.63. The molecule has 23 heavy (non-hydrogen) atoms. The normalized spacial score (nSPS) is 21.9. The van der Waals surface area contributed by atoms with Crippen molar-refractivity contribution in [2.24, 2.45) is 5.73 Å². The molecule has 0 amide bonds. The van der Waals surface area contributed by atoms with Crippen LogP contribution < -0.4 is 11.1 Å². The van der Waals surface area contributed by atoms with E-state index in [1.54, 1.807) is 4.52 Å². The van der Waals surface area contributed by atoms with Crippen LogP contribution in [0.5, 0.6) is 0 Å². The van der Waals surface area contributed by atoms with E-state index < -0.39 is 6.17 Å². The SMILES string of the molecule is Cc1c(C#CCN)nn2c(N[C@@H]3CCN(C)C[C@@H]3F)cccc12. The number of nitrogens with two attached hydrogens (primary N) is 1. The van der Waals surface area contributed by atoms with Crippen molar-refractivity contribution < 1.29 is 4.39 Å². The number of halogens is 1. The van der Waals surface area contributed by atoms with Crippen LogP contribution in [0.1, 0.15) is 17.7 Å². The van der Waals surface area contributed by atoms with E-state index in [0.29, 0.717) is 18.8 Å². The molecule has 2 atom stereocenters. The molecule has 0 spiro atoms. The summed E-state index contributed by atoms with van der Waals surface area (Å²) in [5.74, 6) is 6.62. The number of hydrogen-bond donors (Lipinski definition) is 2. The average Bonchev–Trinajstić information content (AvgIpc) is 2.86. The second-order valence-corrected chi connectivity index (χ2v) is 6.01. The fourth-order valence-corrected chi connectivity index (χ4v) is 2.96. The molecular weight excluding hydrogens is 293 g/mol. The molecular formula is C17H22FN5. The van der Waals surface area contributed by atoms with Gasteiger partial charge in [-0.1, -0.05) is 12.0 Å². The highest BCUT2D eigenvalue weighted by Crippen LogP contribution is 2.22. The molecule has 1 fully saturated rings. The fraction of sp³-hybridized carbons (Fsp3) is 0.471. The first kappa shape index (κ1) is 15.8. The third-order valence-electron chi connectivity index (χ3n) is 4.29. The highest BCUT2D eigenvalue weighted by Gasteiger charge is 2.28. The van der Waals surface area contributed by atoms with Crippen LogP contribution in [0, 0.1) is 18.8 Å². The Bertz CT molecular complexity index is 757. The van der Waals surface area contributed by atoms with Gasteiger partial charge in [-0.25, -0.2) is 8.91 Å². The van der Waals surface area contributed by atoms with Crippen LogP contribution in [0.3, 0.4) is 0 Å². The summed E-state index contributed by atoms with van der Waals surface area (Å²) in [4.78, 5) is 2.02. The summed E-state index contributed by atoms with van der Waals surface area (Å²) >= 11 is 0. The van der Waals surface area contributed by atoms with Crippen molar-refractivity contribution in [1.29, 1.82) is 0 Å². The summed E-state index contributed by atoms with van der Waals surface area (Å²) in [5.41, 5.74) is 8.13. The van der Waals surface area contributed by atoms with Crippen LogP contribution >= 0.6 is 0 Å². The molecule has 0 radical (unpaired) electrons. The molecule has 2 aromatic rings. The van der Waals surface area contributed by atoms with Gasteiger partial charge < -0.3 is 16.0 Å². The minimum absolute atomic E-state index is 0.195. The van der Waals surface area contributed by atoms with Crippen LogP contribution in [-0.4, -0.2) is 53.4 Å². The molecule has 0 bridgehead atoms. The van der Waals surface area contributed by atoms with Gasteiger partial charge in [-0.3, -0.25) is 0 Å². The molecule has 3 rings (SSSR count). The van der Waals surface area contributed by atoms with Crippen LogP contribution in [0.2, 0.25) is 0 Å². The molecule has 3 heterocycles. The number of fused-ring (bicyclic) bond motifs is 1. The van der Waals surface area contributed by atoms with Crippen LogP contribution in [0.4, 0.5) is 10.2 Å². The van der Waals surface area contributed by atoms with E-state index in [2.05, 4.69) is 22.3 Å². The third-order valence-corrected chi connectivity index (χ3v) is 4.29. The van der Waals surface area contributed by atoms with Crippen molar-refractivity contribution in [3.63, 3.8) is 0 Å². The van der Waals surface area contributed by atoms with E-state index in [-0.39, 0.29) is 6.04 Å². The largest absolute Gasteiger partial charge is 0.364 e. The first-order valence-electron chi connectivity index (χ1n) is 7.86. The zero-order valence-electron chi connectivity index (χ0n) is 13.5. The third kappa shape index (κ3) is 3.16. The number of rotatable bonds is 2. The van der Waals surface area contributed by atoms with E-state index in [9.17, 15) is 4.39 Å². The van der Waals surface area contributed by atoms with Gasteiger partial charge in [-0.15, -0.1) is 0 Å². The lowest BCUT2D eigenvalue weighted by atomic mass is 10.0. The van der Waals surface area contributed by atoms with Gasteiger partial charge in [0, 0.05) is 18.7 Å². The molecule has 0 aromatic carbocycles. The van der Waals surface area contributed by atoms with Gasteiger partial charge in [0.2, 0.25) is 0 Å². The smallest absolute Gasteiger partial charge is 0.139 e. The number of nitrogens with zero attached hydrogens (tertiary/aromatic N) is 3. The summed E-state index contributed by atoms with van der Waals surface area (Å²) in [7, 11) is 1.95. The quantitative estimate of drug-likeness (QED) is 0.823. The topological polar surface area (TPSA) is 58.6 Å². The monoisotopic (exact) mass is 315 g/mol. The Morgan fingerprint density at radius 1 is 1.48 bits per heavy atom. The molecule has 3 N–H and O–H groups in total. The molecule has 5 nitrogen and oxygen atoms in total. The summed E-state index contributed by atoms with van der Waals surface area (Å²) < 4.78 is 16.1. The zero-order chi connectivity index (χ0) is 16.4. The lowest BCUT2D eigenvalue weighted by Gasteiger charge is -2.33. The Morgan fingerprint density at radius 2 is 2.30 bits per heavy atom. The van der Waals surface area contributed by atoms with Gasteiger partial charge in [0.25, 0.3) is 0 Å². The minimum Gasteiger partial charge on any atom is -0.364 e. The van der Waals surface area contributed by atoms with Gasteiger partial charge in [0.15, 0.2) is 0 Å². The fourth-order valence-electron chi connectivity index (χ4n) is 2.96. The molecule has 6 heteroatoms. The molecule has 1 aliphatic heterocycles. The Balaban J connectivity index is 1.92. The molecule has 1 saturated heterocycles. The Hall–Kier alpha value is -2.10. The van der Waals surface area contributed by atoms with Crippen molar-refractivity contribution in [2.45, 2.75) is 25.6 Å². The van der Waals surface area contributed by atoms with Gasteiger partial charge in [-0.2, -0.15) is 5.10 Å². The summed E-state index contributed by atoms with van der Waals surface area (Å²) in [6, 6.07) is 5.67. The van der Waals surface area contributed by atoms with Gasteiger partial charge in [0.1, 0.15) is 17.7 Å². The Labute approximate surface area is 135 Å². The van der Waals surface area contributed by atoms with E-state index in [4.69, 9.17) is 5.73 Å². The Kier molecular flexibility index (Phi) is 4.51. The number of pyridine rings is 1. The minimum atomic E-state index is -0.892. The summed E-state index contributed by atoms with van der Waals surface area (Å²) in [5, 5.41) is 7.86. The number of hydrogen-bond acceptors (Lipinski definition) is 4. The summed E-state index contributed by atoms with van der Waals surface area (Å²) in [6.45, 7) is 3.64. The number of nitrogens with one attached hydrogen (secondary N) is 1. The molecule has 0 aliphatic carbocycles. The second kappa shape index (κ2) is 6.57. The van der Waals surface area contributed by atoms with Gasteiger partial charge in [-0.05, 0) is 38.4 Å². The van der Waals surface area contributed by atoms with Gasteiger partial charge >= 0.3 is 0 Å².